The van der Waals surface area contributed by atoms with Gasteiger partial charge in [-0.1, -0.05) is 81.4 Å². The van der Waals surface area contributed by atoms with Crippen molar-refractivity contribution in [3.05, 3.63) is 83.1 Å². The maximum absolute atomic E-state index is 13.3. The van der Waals surface area contributed by atoms with Gasteiger partial charge in [0.1, 0.15) is 12.1 Å². The Morgan fingerprint density at radius 2 is 1.44 bits per heavy atom. The number of rotatable bonds is 5. The van der Waals surface area contributed by atoms with E-state index in [2.05, 4.69) is 33.9 Å². The summed E-state index contributed by atoms with van der Waals surface area (Å²) in [6, 6.07) is 19.2. The van der Waals surface area contributed by atoms with Gasteiger partial charge in [0.15, 0.2) is 20.2 Å². The fourth-order valence-electron chi connectivity index (χ4n) is 4.05. The normalized spacial score (nSPS) is 23.9. The van der Waals surface area contributed by atoms with Gasteiger partial charge in [0.2, 0.25) is 0 Å². The Morgan fingerprint density at radius 1 is 0.906 bits per heavy atom. The highest BCUT2D eigenvalue weighted by atomic mass is 28.4. The molecule has 0 bridgehead atoms. The molecule has 1 saturated heterocycles. The van der Waals surface area contributed by atoms with E-state index in [-0.39, 0.29) is 16.9 Å². The van der Waals surface area contributed by atoms with Crippen LogP contribution in [0, 0.1) is 0 Å². The molecule has 0 N–H and O–H groups in total. The topological polar surface area (TPSA) is 55.8 Å². The van der Waals surface area contributed by atoms with Crippen molar-refractivity contribution in [3.63, 3.8) is 0 Å². The van der Waals surface area contributed by atoms with E-state index in [0.717, 1.165) is 11.1 Å². The number of carbonyl (C=O) groups is 2. The highest BCUT2D eigenvalue weighted by molar-refractivity contribution is 6.74. The van der Waals surface area contributed by atoms with E-state index in [1.807, 2.05) is 60.7 Å². The first-order valence-corrected chi connectivity index (χ1v) is 14.0. The van der Waals surface area contributed by atoms with Crippen molar-refractivity contribution in [2.45, 2.75) is 64.1 Å². The third kappa shape index (κ3) is 3.71. The Bertz CT molecular complexity index is 1060. The standard InChI is InChI=1S/C26H31NO4Si/c1-17-20(24(22(17)28)31-32(5,6)26(2,3)4)27-21(18-13-9-7-10-14-18)23(30-25(27)29)19-15-11-8-12-16-19/h7-16,21,23-24H,1-6H3/t21-,23+,24-/m1/s1. The Kier molecular flexibility index (Phi) is 5.63. The number of amides is 1. The van der Waals surface area contributed by atoms with Gasteiger partial charge in [-0.25, -0.2) is 4.79 Å². The zero-order valence-corrected chi connectivity index (χ0v) is 20.6. The molecule has 0 spiro atoms. The number of hydrogen-bond donors (Lipinski definition) is 0. The van der Waals surface area contributed by atoms with Crippen LogP contribution < -0.4 is 0 Å². The second-order valence-corrected chi connectivity index (χ2v) is 14.8. The zero-order chi connectivity index (χ0) is 23.3. The van der Waals surface area contributed by atoms with Gasteiger partial charge < -0.3 is 9.16 Å². The van der Waals surface area contributed by atoms with Crippen molar-refractivity contribution in [2.75, 3.05) is 0 Å². The number of ketones is 1. The molecule has 3 atom stereocenters. The molecule has 5 nitrogen and oxygen atoms in total. The molecular weight excluding hydrogens is 418 g/mol. The summed E-state index contributed by atoms with van der Waals surface area (Å²) in [7, 11) is -2.24. The largest absolute Gasteiger partial charge is 0.438 e. The zero-order valence-electron chi connectivity index (χ0n) is 19.6. The summed E-state index contributed by atoms with van der Waals surface area (Å²) in [5.41, 5.74) is 3.08. The second-order valence-electron chi connectivity index (χ2n) is 10.1. The third-order valence-corrected chi connectivity index (χ3v) is 11.4. The number of benzene rings is 2. The smallest absolute Gasteiger partial charge is 0.415 e. The van der Waals surface area contributed by atoms with Crippen LogP contribution in [0.5, 0.6) is 0 Å². The summed E-state index contributed by atoms with van der Waals surface area (Å²) in [6.45, 7) is 12.4. The maximum atomic E-state index is 13.3. The first-order chi connectivity index (χ1) is 15.0. The van der Waals surface area contributed by atoms with Gasteiger partial charge in [-0.2, -0.15) is 0 Å². The summed E-state index contributed by atoms with van der Waals surface area (Å²) in [6.07, 6.45) is -1.65. The van der Waals surface area contributed by atoms with Crippen molar-refractivity contribution >= 4 is 20.2 Å². The van der Waals surface area contributed by atoms with Crippen LogP contribution in [-0.2, 0) is 14.0 Å². The number of ether oxygens (including phenoxy) is 1. The predicted molar refractivity (Wildman–Crippen MR) is 126 cm³/mol. The second kappa shape index (κ2) is 8.01. The molecule has 168 valence electrons. The minimum absolute atomic E-state index is 0.0485. The van der Waals surface area contributed by atoms with Gasteiger partial charge in [-0.15, -0.1) is 0 Å². The number of carbonyl (C=O) groups excluding carboxylic acids is 2. The quantitative estimate of drug-likeness (QED) is 0.512. The average molecular weight is 450 g/mol. The highest BCUT2D eigenvalue weighted by Crippen LogP contribution is 2.49. The Balaban J connectivity index is 1.77. The van der Waals surface area contributed by atoms with Gasteiger partial charge in [0.05, 0.1) is 5.70 Å². The molecule has 0 aromatic heterocycles. The van der Waals surface area contributed by atoms with E-state index < -0.39 is 26.6 Å². The van der Waals surface area contributed by atoms with Crippen LogP contribution in [0.2, 0.25) is 18.1 Å². The maximum Gasteiger partial charge on any atom is 0.415 e. The molecule has 2 aromatic rings. The molecule has 2 aromatic carbocycles. The van der Waals surface area contributed by atoms with Crippen LogP contribution in [0.3, 0.4) is 0 Å². The summed E-state index contributed by atoms with van der Waals surface area (Å²) < 4.78 is 12.4. The molecule has 1 heterocycles. The Hall–Kier alpha value is -2.70. The van der Waals surface area contributed by atoms with E-state index >= 15 is 0 Å². The lowest BCUT2D eigenvalue weighted by Crippen LogP contribution is -2.54. The van der Waals surface area contributed by atoms with Crippen molar-refractivity contribution in [1.29, 1.82) is 0 Å². The SMILES string of the molecule is CC1=C(N2C(=O)O[C@@H](c3ccccc3)[C@H]2c2ccccc2)[C@@H](O[Si](C)(C)C(C)(C)C)C1=O. The van der Waals surface area contributed by atoms with Crippen molar-refractivity contribution < 1.29 is 18.8 Å². The number of nitrogens with zero attached hydrogens (tertiary/aromatic N) is 1. The van der Waals surface area contributed by atoms with Crippen LogP contribution in [0.15, 0.2) is 71.9 Å². The van der Waals surface area contributed by atoms with Crippen LogP contribution >= 0.6 is 0 Å². The van der Waals surface area contributed by atoms with E-state index in [0.29, 0.717) is 11.3 Å². The lowest BCUT2D eigenvalue weighted by atomic mass is 9.87. The fraction of sp³-hybridized carbons (Fsp3) is 0.385. The molecule has 1 amide bonds. The summed E-state index contributed by atoms with van der Waals surface area (Å²) in [5.74, 6) is -0.0485. The molecule has 1 aliphatic carbocycles. The summed E-state index contributed by atoms with van der Waals surface area (Å²) in [5, 5.41) is -0.0567. The van der Waals surface area contributed by atoms with Crippen LogP contribution in [-0.4, -0.2) is 31.2 Å². The lowest BCUT2D eigenvalue weighted by Gasteiger charge is -2.44. The molecule has 0 radical (unpaired) electrons. The predicted octanol–water partition coefficient (Wildman–Crippen LogP) is 6.17. The summed E-state index contributed by atoms with van der Waals surface area (Å²) >= 11 is 0. The van der Waals surface area contributed by atoms with Crippen LogP contribution in [0.4, 0.5) is 4.79 Å². The highest BCUT2D eigenvalue weighted by Gasteiger charge is 2.54. The number of hydrogen-bond acceptors (Lipinski definition) is 4. The monoisotopic (exact) mass is 449 g/mol. The first kappa shape index (κ1) is 22.5. The van der Waals surface area contributed by atoms with Crippen molar-refractivity contribution in [1.82, 2.24) is 4.90 Å². The van der Waals surface area contributed by atoms with Gasteiger partial charge in [-0.3, -0.25) is 9.69 Å². The van der Waals surface area contributed by atoms with Crippen LogP contribution in [0.25, 0.3) is 0 Å². The molecule has 6 heteroatoms. The van der Waals surface area contributed by atoms with Gasteiger partial charge in [0.25, 0.3) is 0 Å². The van der Waals surface area contributed by atoms with Gasteiger partial charge in [-0.05, 0) is 36.2 Å². The molecule has 1 aliphatic heterocycles. The average Bonchev–Trinajstić information content (AvgIpc) is 3.10. The Labute approximate surface area is 191 Å². The molecule has 2 aliphatic rings. The number of Topliss-reactive ketones (excluding diaryl/α,β-unsaturated/α-hetero) is 1. The molecule has 32 heavy (non-hydrogen) atoms. The number of cyclic esters (lactones) is 1. The lowest BCUT2D eigenvalue weighted by molar-refractivity contribution is -0.124. The van der Waals surface area contributed by atoms with E-state index in [1.54, 1.807) is 11.8 Å². The van der Waals surface area contributed by atoms with Gasteiger partial charge >= 0.3 is 6.09 Å². The minimum atomic E-state index is -2.24. The van der Waals surface area contributed by atoms with E-state index in [9.17, 15) is 9.59 Å². The van der Waals surface area contributed by atoms with Crippen LogP contribution in [0.1, 0.15) is 51.0 Å². The fourth-order valence-corrected chi connectivity index (χ4v) is 5.21. The molecule has 4 rings (SSSR count). The van der Waals surface area contributed by atoms with E-state index in [1.165, 1.54) is 0 Å². The minimum Gasteiger partial charge on any atom is -0.438 e. The third-order valence-electron chi connectivity index (χ3n) is 6.98. The van der Waals surface area contributed by atoms with Gasteiger partial charge in [0, 0.05) is 5.57 Å². The first-order valence-electron chi connectivity index (χ1n) is 11.1. The molecule has 0 saturated carbocycles. The summed E-state index contributed by atoms with van der Waals surface area (Å²) in [4.78, 5) is 27.8. The van der Waals surface area contributed by atoms with Crippen molar-refractivity contribution in [2.24, 2.45) is 0 Å². The molecule has 0 unspecified atom stereocenters. The van der Waals surface area contributed by atoms with E-state index in [4.69, 9.17) is 9.16 Å². The Morgan fingerprint density at radius 3 is 1.97 bits per heavy atom. The molecule has 1 fully saturated rings. The molecular formula is C26H31NO4Si. The van der Waals surface area contributed by atoms with Crippen molar-refractivity contribution in [3.8, 4) is 0 Å².